The Morgan fingerprint density at radius 1 is 1.16 bits per heavy atom. The Morgan fingerprint density at radius 2 is 1.89 bits per heavy atom. The monoisotopic (exact) mass is 262 g/mol. The lowest BCUT2D eigenvalue weighted by molar-refractivity contribution is 0.174. The van der Waals surface area contributed by atoms with E-state index in [9.17, 15) is 0 Å². The highest BCUT2D eigenvalue weighted by Gasteiger charge is 2.41. The van der Waals surface area contributed by atoms with Gasteiger partial charge in [0.15, 0.2) is 11.5 Å². The zero-order valence-corrected chi connectivity index (χ0v) is 11.7. The number of rotatable bonds is 6. The van der Waals surface area contributed by atoms with Crippen molar-refractivity contribution in [2.75, 3.05) is 26.9 Å². The Kier molecular flexibility index (Phi) is 3.37. The van der Waals surface area contributed by atoms with Crippen LogP contribution in [-0.4, -0.2) is 26.9 Å². The molecule has 1 aromatic rings. The molecule has 2 N–H and O–H groups in total. The highest BCUT2D eigenvalue weighted by atomic mass is 16.7. The van der Waals surface area contributed by atoms with Gasteiger partial charge in [-0.05, 0) is 55.5 Å². The minimum Gasteiger partial charge on any atom is -0.454 e. The molecule has 1 aromatic carbocycles. The molecule has 1 heterocycles. The van der Waals surface area contributed by atoms with E-state index in [1.165, 1.54) is 24.0 Å². The van der Waals surface area contributed by atoms with Crippen LogP contribution < -0.4 is 20.1 Å². The van der Waals surface area contributed by atoms with Crippen molar-refractivity contribution >= 4 is 0 Å². The van der Waals surface area contributed by atoms with Gasteiger partial charge in [-0.1, -0.05) is 0 Å². The number of nitrogens with one attached hydrogen (secondary N) is 2. The second-order valence-corrected chi connectivity index (χ2v) is 5.77. The van der Waals surface area contributed by atoms with E-state index < -0.39 is 0 Å². The summed E-state index contributed by atoms with van der Waals surface area (Å²) in [5, 5.41) is 6.87. The van der Waals surface area contributed by atoms with Crippen LogP contribution in [0.25, 0.3) is 0 Å². The molecule has 0 spiro atoms. The summed E-state index contributed by atoms with van der Waals surface area (Å²) >= 11 is 0. The third-order valence-corrected chi connectivity index (χ3v) is 4.16. The molecule has 0 saturated heterocycles. The second kappa shape index (κ2) is 5.02. The van der Waals surface area contributed by atoms with Gasteiger partial charge in [0, 0.05) is 19.6 Å². The van der Waals surface area contributed by atoms with Gasteiger partial charge in [0.1, 0.15) is 0 Å². The Morgan fingerprint density at radius 3 is 2.58 bits per heavy atom. The molecule has 104 valence electrons. The average Bonchev–Trinajstić information content (AvgIpc) is 2.99. The van der Waals surface area contributed by atoms with Crippen LogP contribution in [0, 0.1) is 12.3 Å². The molecule has 1 aliphatic heterocycles. The van der Waals surface area contributed by atoms with Crippen molar-refractivity contribution in [1.82, 2.24) is 10.6 Å². The van der Waals surface area contributed by atoms with Gasteiger partial charge in [-0.2, -0.15) is 0 Å². The lowest BCUT2D eigenvalue weighted by Crippen LogP contribution is -2.31. The zero-order chi connectivity index (χ0) is 13.3. The van der Waals surface area contributed by atoms with Gasteiger partial charge in [-0.25, -0.2) is 0 Å². The highest BCUT2D eigenvalue weighted by molar-refractivity contribution is 5.48. The number of hydrogen-bond acceptors (Lipinski definition) is 4. The van der Waals surface area contributed by atoms with E-state index >= 15 is 0 Å². The van der Waals surface area contributed by atoms with E-state index in [1.54, 1.807) is 0 Å². The highest BCUT2D eigenvalue weighted by Crippen LogP contribution is 2.44. The molecule has 0 amide bonds. The van der Waals surface area contributed by atoms with E-state index in [2.05, 4.69) is 29.7 Å². The molecule has 0 radical (unpaired) electrons. The first-order valence-corrected chi connectivity index (χ1v) is 6.97. The van der Waals surface area contributed by atoms with Crippen LogP contribution in [0.15, 0.2) is 12.1 Å². The van der Waals surface area contributed by atoms with E-state index in [1.807, 2.05) is 7.05 Å². The third kappa shape index (κ3) is 2.69. The first-order valence-electron chi connectivity index (χ1n) is 6.97. The summed E-state index contributed by atoms with van der Waals surface area (Å²) in [6.07, 6.45) is 2.67. The molecular weight excluding hydrogens is 240 g/mol. The number of aryl methyl sites for hydroxylation is 1. The number of benzene rings is 1. The minimum absolute atomic E-state index is 0.344. The van der Waals surface area contributed by atoms with Crippen LogP contribution in [0.1, 0.15) is 24.0 Å². The molecule has 1 saturated carbocycles. The summed E-state index contributed by atoms with van der Waals surface area (Å²) in [5.74, 6) is 1.74. The molecule has 0 atom stereocenters. The van der Waals surface area contributed by atoms with E-state index in [4.69, 9.17) is 9.47 Å². The Hall–Kier alpha value is -1.26. The minimum atomic E-state index is 0.344. The van der Waals surface area contributed by atoms with Crippen LogP contribution in [0.5, 0.6) is 11.5 Å². The fourth-order valence-electron chi connectivity index (χ4n) is 2.71. The van der Waals surface area contributed by atoms with Gasteiger partial charge in [0.05, 0.1) is 0 Å². The lowest BCUT2D eigenvalue weighted by Gasteiger charge is -2.16. The van der Waals surface area contributed by atoms with Crippen molar-refractivity contribution in [2.24, 2.45) is 5.41 Å². The maximum absolute atomic E-state index is 5.43. The zero-order valence-electron chi connectivity index (χ0n) is 11.7. The standard InChI is InChI=1S/C15H22N2O2/c1-11-5-13-14(19-10-18-13)6-12(11)7-17-9-15(3-4-15)8-16-2/h5-6,16-17H,3-4,7-10H2,1-2H3. The van der Waals surface area contributed by atoms with Crippen LogP contribution in [0.2, 0.25) is 0 Å². The van der Waals surface area contributed by atoms with Gasteiger partial charge in [0.25, 0.3) is 0 Å². The van der Waals surface area contributed by atoms with Crippen molar-refractivity contribution in [3.8, 4) is 11.5 Å². The van der Waals surface area contributed by atoms with E-state index in [0.717, 1.165) is 31.1 Å². The maximum Gasteiger partial charge on any atom is 0.231 e. The maximum atomic E-state index is 5.43. The smallest absolute Gasteiger partial charge is 0.231 e. The van der Waals surface area contributed by atoms with Crippen LogP contribution in [-0.2, 0) is 6.54 Å². The van der Waals surface area contributed by atoms with Gasteiger partial charge in [-0.3, -0.25) is 0 Å². The van der Waals surface area contributed by atoms with E-state index in [-0.39, 0.29) is 0 Å². The van der Waals surface area contributed by atoms with Gasteiger partial charge in [0.2, 0.25) is 6.79 Å². The molecule has 4 nitrogen and oxygen atoms in total. The first kappa shape index (κ1) is 12.8. The van der Waals surface area contributed by atoms with Crippen molar-refractivity contribution in [2.45, 2.75) is 26.3 Å². The Balaban J connectivity index is 1.58. The van der Waals surface area contributed by atoms with Crippen molar-refractivity contribution in [3.63, 3.8) is 0 Å². The summed E-state index contributed by atoms with van der Waals surface area (Å²) in [6.45, 7) is 5.56. The first-order chi connectivity index (χ1) is 9.22. The van der Waals surface area contributed by atoms with Crippen molar-refractivity contribution < 1.29 is 9.47 Å². The molecule has 0 bridgehead atoms. The van der Waals surface area contributed by atoms with Gasteiger partial charge >= 0.3 is 0 Å². The average molecular weight is 262 g/mol. The summed E-state index contributed by atoms with van der Waals surface area (Å²) in [6, 6.07) is 4.17. The Bertz CT molecular complexity index is 469. The molecule has 1 fully saturated rings. The SMILES string of the molecule is CNCC1(CNCc2cc3c(cc2C)OCO3)CC1. The van der Waals surface area contributed by atoms with Crippen LogP contribution >= 0.6 is 0 Å². The predicted molar refractivity (Wildman–Crippen MR) is 74.6 cm³/mol. The van der Waals surface area contributed by atoms with E-state index in [0.29, 0.717) is 12.2 Å². The molecular formula is C15H22N2O2. The predicted octanol–water partition coefficient (Wildman–Crippen LogP) is 1.81. The van der Waals surface area contributed by atoms with Gasteiger partial charge < -0.3 is 20.1 Å². The number of ether oxygens (including phenoxy) is 2. The normalized spacial score (nSPS) is 18.6. The fourth-order valence-corrected chi connectivity index (χ4v) is 2.71. The quantitative estimate of drug-likeness (QED) is 0.820. The topological polar surface area (TPSA) is 42.5 Å². The molecule has 3 rings (SSSR count). The molecule has 19 heavy (non-hydrogen) atoms. The fraction of sp³-hybridized carbons (Fsp3) is 0.600. The lowest BCUT2D eigenvalue weighted by atomic mass is 10.1. The third-order valence-electron chi connectivity index (χ3n) is 4.16. The van der Waals surface area contributed by atoms with Crippen LogP contribution in [0.4, 0.5) is 0 Å². The Labute approximate surface area is 114 Å². The van der Waals surface area contributed by atoms with Crippen LogP contribution in [0.3, 0.4) is 0 Å². The summed E-state index contributed by atoms with van der Waals surface area (Å²) < 4.78 is 10.8. The summed E-state index contributed by atoms with van der Waals surface area (Å²) in [4.78, 5) is 0. The van der Waals surface area contributed by atoms with Crippen molar-refractivity contribution in [1.29, 1.82) is 0 Å². The number of fused-ring (bicyclic) bond motifs is 1. The summed E-state index contributed by atoms with van der Waals surface area (Å²) in [5.41, 5.74) is 3.05. The summed E-state index contributed by atoms with van der Waals surface area (Å²) in [7, 11) is 2.03. The molecule has 0 unspecified atom stereocenters. The van der Waals surface area contributed by atoms with Crippen molar-refractivity contribution in [3.05, 3.63) is 23.3 Å². The molecule has 2 aliphatic rings. The largest absolute Gasteiger partial charge is 0.454 e. The number of hydrogen-bond donors (Lipinski definition) is 2. The molecule has 4 heteroatoms. The molecule has 1 aliphatic carbocycles. The molecule has 0 aromatic heterocycles. The second-order valence-electron chi connectivity index (χ2n) is 5.77. The van der Waals surface area contributed by atoms with Gasteiger partial charge in [-0.15, -0.1) is 0 Å².